The summed E-state index contributed by atoms with van der Waals surface area (Å²) in [5.41, 5.74) is 2.24. The second kappa shape index (κ2) is 11.5. The molecule has 0 saturated heterocycles. The molecule has 7 nitrogen and oxygen atoms in total. The van der Waals surface area contributed by atoms with E-state index >= 15 is 0 Å². The largest absolute Gasteiger partial charge is 0.493 e. The van der Waals surface area contributed by atoms with Crippen LogP contribution in [0.1, 0.15) is 33.4 Å². The number of nitrogens with one attached hydrogen (secondary N) is 1. The topological polar surface area (TPSA) is 86.8 Å². The van der Waals surface area contributed by atoms with Gasteiger partial charge in [-0.2, -0.15) is 0 Å². The second-order valence-electron chi connectivity index (χ2n) is 6.80. The Kier molecular flexibility index (Phi) is 8.46. The molecule has 0 aliphatic heterocycles. The van der Waals surface area contributed by atoms with Gasteiger partial charge >= 0.3 is 5.97 Å². The molecule has 1 amide bonds. The molecule has 0 saturated carbocycles. The van der Waals surface area contributed by atoms with Crippen LogP contribution in [-0.2, 0) is 16.1 Å². The third-order valence-corrected chi connectivity index (χ3v) is 5.71. The van der Waals surface area contributed by atoms with E-state index in [0.29, 0.717) is 38.8 Å². The van der Waals surface area contributed by atoms with E-state index in [0.717, 1.165) is 22.5 Å². The molecule has 9 heteroatoms. The number of carbonyl (C=O) groups excluding carboxylic acids is 2. The lowest BCUT2D eigenvalue weighted by Crippen LogP contribution is -2.07. The minimum Gasteiger partial charge on any atom is -0.493 e. The van der Waals surface area contributed by atoms with E-state index in [-0.39, 0.29) is 12.5 Å². The number of ether oxygens (including phenoxy) is 3. The van der Waals surface area contributed by atoms with Crippen molar-refractivity contribution < 1.29 is 23.8 Å². The average molecular weight is 487 g/mol. The van der Waals surface area contributed by atoms with Crippen LogP contribution in [0.25, 0.3) is 6.08 Å². The average Bonchev–Trinajstić information content (AvgIpc) is 3.17. The van der Waals surface area contributed by atoms with Crippen LogP contribution in [0.4, 0.5) is 5.13 Å². The van der Waals surface area contributed by atoms with E-state index in [1.165, 1.54) is 6.08 Å². The Morgan fingerprint density at radius 3 is 2.61 bits per heavy atom. The maximum Gasteiger partial charge on any atom is 0.350 e. The van der Waals surface area contributed by atoms with Gasteiger partial charge in [0.2, 0.25) is 5.91 Å². The van der Waals surface area contributed by atoms with Crippen LogP contribution < -0.4 is 14.8 Å². The Morgan fingerprint density at radius 1 is 1.15 bits per heavy atom. The van der Waals surface area contributed by atoms with Crippen LogP contribution in [0.5, 0.6) is 11.5 Å². The van der Waals surface area contributed by atoms with Gasteiger partial charge in [-0.25, -0.2) is 9.78 Å². The van der Waals surface area contributed by atoms with Crippen molar-refractivity contribution in [3.8, 4) is 11.5 Å². The molecule has 2 aromatic carbocycles. The lowest BCUT2D eigenvalue weighted by molar-refractivity contribution is -0.111. The Labute approximate surface area is 201 Å². The maximum atomic E-state index is 12.3. The Hall–Kier alpha value is -3.36. The number of methoxy groups -OCH3 is 1. The Morgan fingerprint density at radius 2 is 1.91 bits per heavy atom. The predicted octanol–water partition coefficient (Wildman–Crippen LogP) is 5.52. The number of halogens is 1. The van der Waals surface area contributed by atoms with E-state index in [2.05, 4.69) is 10.3 Å². The molecule has 33 heavy (non-hydrogen) atoms. The third kappa shape index (κ3) is 6.81. The second-order valence-corrected chi connectivity index (χ2v) is 8.24. The fraction of sp³-hybridized carbons (Fsp3) is 0.208. The molecule has 3 aromatic rings. The summed E-state index contributed by atoms with van der Waals surface area (Å²) >= 11 is 6.98. The van der Waals surface area contributed by atoms with Crippen LogP contribution in [0.15, 0.2) is 48.5 Å². The highest BCUT2D eigenvalue weighted by Gasteiger charge is 2.17. The number of hydrogen-bond acceptors (Lipinski definition) is 7. The predicted molar refractivity (Wildman–Crippen MR) is 129 cm³/mol. The van der Waals surface area contributed by atoms with Crippen molar-refractivity contribution in [2.24, 2.45) is 0 Å². The maximum absolute atomic E-state index is 12.3. The number of anilines is 1. The number of esters is 1. The molecule has 0 fully saturated rings. The van der Waals surface area contributed by atoms with E-state index in [4.69, 9.17) is 25.8 Å². The summed E-state index contributed by atoms with van der Waals surface area (Å²) in [6, 6.07) is 12.8. The molecule has 172 valence electrons. The number of rotatable bonds is 9. The number of amides is 1. The zero-order valence-electron chi connectivity index (χ0n) is 18.4. The molecule has 0 bridgehead atoms. The number of aromatic nitrogens is 1. The van der Waals surface area contributed by atoms with Crippen molar-refractivity contribution in [2.75, 3.05) is 19.0 Å². The quantitative estimate of drug-likeness (QED) is 0.316. The highest BCUT2D eigenvalue weighted by molar-refractivity contribution is 7.17. The fourth-order valence-corrected chi connectivity index (χ4v) is 3.79. The van der Waals surface area contributed by atoms with E-state index in [1.807, 2.05) is 18.2 Å². The van der Waals surface area contributed by atoms with Crippen molar-refractivity contribution in [1.82, 2.24) is 4.98 Å². The molecule has 0 aliphatic rings. The summed E-state index contributed by atoms with van der Waals surface area (Å²) in [6.07, 6.45) is 3.03. The number of carbonyl (C=O) groups is 2. The van der Waals surface area contributed by atoms with Gasteiger partial charge in [-0.15, -0.1) is 0 Å². The van der Waals surface area contributed by atoms with Gasteiger partial charge in [-0.3, -0.25) is 10.1 Å². The summed E-state index contributed by atoms with van der Waals surface area (Å²) in [4.78, 5) is 28.8. The molecule has 0 aliphatic carbocycles. The first kappa shape index (κ1) is 24.3. The summed E-state index contributed by atoms with van der Waals surface area (Å²) in [5.74, 6) is 0.301. The van der Waals surface area contributed by atoms with Gasteiger partial charge in [-0.1, -0.05) is 41.1 Å². The van der Waals surface area contributed by atoms with Gasteiger partial charge in [0.1, 0.15) is 11.5 Å². The normalized spacial score (nSPS) is 10.8. The highest BCUT2D eigenvalue weighted by Crippen LogP contribution is 2.29. The first-order chi connectivity index (χ1) is 15.9. The first-order valence-corrected chi connectivity index (χ1v) is 11.3. The van der Waals surface area contributed by atoms with Gasteiger partial charge < -0.3 is 14.2 Å². The zero-order chi connectivity index (χ0) is 23.8. The summed E-state index contributed by atoms with van der Waals surface area (Å²) < 4.78 is 16.3. The number of benzene rings is 2. The third-order valence-electron chi connectivity index (χ3n) is 4.41. The van der Waals surface area contributed by atoms with Crippen molar-refractivity contribution in [3.63, 3.8) is 0 Å². The van der Waals surface area contributed by atoms with Gasteiger partial charge in [-0.05, 0) is 55.3 Å². The number of nitrogens with zero attached hydrogens (tertiary/aromatic N) is 1. The number of thiazole rings is 1. The smallest absolute Gasteiger partial charge is 0.350 e. The number of aryl methyl sites for hydroxylation is 1. The molecule has 1 aromatic heterocycles. The molecular weight excluding hydrogens is 464 g/mol. The van der Waals surface area contributed by atoms with Gasteiger partial charge in [0.05, 0.1) is 19.4 Å². The minimum absolute atomic E-state index is 0.273. The fourth-order valence-electron chi connectivity index (χ4n) is 2.80. The summed E-state index contributed by atoms with van der Waals surface area (Å²) in [7, 11) is 1.55. The van der Waals surface area contributed by atoms with Crippen molar-refractivity contribution in [2.45, 2.75) is 20.5 Å². The van der Waals surface area contributed by atoms with Gasteiger partial charge in [0, 0.05) is 11.1 Å². The van der Waals surface area contributed by atoms with Crippen molar-refractivity contribution in [3.05, 3.63) is 75.3 Å². The van der Waals surface area contributed by atoms with E-state index in [9.17, 15) is 9.59 Å². The zero-order valence-corrected chi connectivity index (χ0v) is 20.0. The van der Waals surface area contributed by atoms with Crippen LogP contribution in [-0.4, -0.2) is 30.6 Å². The molecule has 3 rings (SSSR count). The van der Waals surface area contributed by atoms with E-state index < -0.39 is 5.97 Å². The van der Waals surface area contributed by atoms with Crippen molar-refractivity contribution >= 4 is 46.0 Å². The standard InChI is InChI=1S/C24H23ClN2O5S/c1-4-31-23(29)22-15(2)26-24(33-22)27-21(28)12-8-16-7-11-19(20(13-16)30-3)32-14-17-5-9-18(25)10-6-17/h5-13H,4,14H2,1-3H3,(H,26,27,28). The molecule has 1 heterocycles. The van der Waals surface area contributed by atoms with Gasteiger partial charge in [0.15, 0.2) is 16.6 Å². The Balaban J connectivity index is 1.62. The summed E-state index contributed by atoms with van der Waals surface area (Å²) in [6.45, 7) is 4.06. The molecular formula is C24H23ClN2O5S. The van der Waals surface area contributed by atoms with E-state index in [1.54, 1.807) is 51.3 Å². The molecule has 0 radical (unpaired) electrons. The Bertz CT molecular complexity index is 1160. The summed E-state index contributed by atoms with van der Waals surface area (Å²) in [5, 5.41) is 3.66. The molecule has 1 N–H and O–H groups in total. The van der Waals surface area contributed by atoms with Crippen LogP contribution in [0, 0.1) is 6.92 Å². The lowest BCUT2D eigenvalue weighted by atomic mass is 10.2. The van der Waals surface area contributed by atoms with Crippen LogP contribution in [0.2, 0.25) is 5.02 Å². The van der Waals surface area contributed by atoms with Gasteiger partial charge in [0.25, 0.3) is 0 Å². The monoisotopic (exact) mass is 486 g/mol. The number of hydrogen-bond donors (Lipinski definition) is 1. The van der Waals surface area contributed by atoms with Crippen LogP contribution in [0.3, 0.4) is 0 Å². The molecule has 0 atom stereocenters. The van der Waals surface area contributed by atoms with Crippen LogP contribution >= 0.6 is 22.9 Å². The highest BCUT2D eigenvalue weighted by atomic mass is 35.5. The SMILES string of the molecule is CCOC(=O)c1sc(NC(=O)C=Cc2ccc(OCc3ccc(Cl)cc3)c(OC)c2)nc1C. The lowest BCUT2D eigenvalue weighted by Gasteiger charge is -2.11. The molecule has 0 unspecified atom stereocenters. The first-order valence-electron chi connectivity index (χ1n) is 10.1. The molecule has 0 spiro atoms. The van der Waals surface area contributed by atoms with Crippen molar-refractivity contribution in [1.29, 1.82) is 0 Å². The minimum atomic E-state index is -0.450.